The van der Waals surface area contributed by atoms with Gasteiger partial charge in [-0.25, -0.2) is 0 Å². The fourth-order valence-electron chi connectivity index (χ4n) is 1.42. The molecule has 0 fully saturated rings. The van der Waals surface area contributed by atoms with Crippen LogP contribution in [0.5, 0.6) is 11.5 Å². The number of rotatable bonds is 2. The first kappa shape index (κ1) is 12.3. The van der Waals surface area contributed by atoms with Crippen LogP contribution in [0.25, 0.3) is 0 Å². The van der Waals surface area contributed by atoms with Gasteiger partial charge in [-0.1, -0.05) is 23.7 Å². The second-order valence-corrected chi connectivity index (χ2v) is 4.04. The number of hydrogen-bond donors (Lipinski definition) is 3. The summed E-state index contributed by atoms with van der Waals surface area (Å²) in [4.78, 5) is 11.9. The second-order valence-electron chi connectivity index (χ2n) is 3.64. The van der Waals surface area contributed by atoms with Gasteiger partial charge in [-0.05, 0) is 30.3 Å². The first-order valence-electron chi connectivity index (χ1n) is 5.16. The number of amides is 1. The molecule has 2 aromatic carbocycles. The lowest BCUT2D eigenvalue weighted by Crippen LogP contribution is -2.11. The quantitative estimate of drug-likeness (QED) is 0.730. The zero-order valence-corrected chi connectivity index (χ0v) is 9.98. The maximum Gasteiger partial charge on any atom is 0.255 e. The highest BCUT2D eigenvalue weighted by atomic mass is 35.5. The van der Waals surface area contributed by atoms with Gasteiger partial charge in [0.05, 0.1) is 10.7 Å². The SMILES string of the molecule is O=C(Nc1ccccc1O)c1ccc(O)c(Cl)c1. The van der Waals surface area contributed by atoms with E-state index < -0.39 is 5.91 Å². The molecule has 5 heteroatoms. The van der Waals surface area contributed by atoms with E-state index in [9.17, 15) is 15.0 Å². The number of benzene rings is 2. The fraction of sp³-hybridized carbons (Fsp3) is 0. The fourth-order valence-corrected chi connectivity index (χ4v) is 1.60. The van der Waals surface area contributed by atoms with Crippen molar-refractivity contribution in [1.82, 2.24) is 0 Å². The number of para-hydroxylation sites is 2. The Morgan fingerprint density at radius 1 is 1.06 bits per heavy atom. The molecule has 0 aromatic heterocycles. The van der Waals surface area contributed by atoms with Gasteiger partial charge in [0.15, 0.2) is 0 Å². The van der Waals surface area contributed by atoms with E-state index in [-0.39, 0.29) is 16.5 Å². The van der Waals surface area contributed by atoms with Crippen LogP contribution in [-0.2, 0) is 0 Å². The van der Waals surface area contributed by atoms with E-state index in [1.165, 1.54) is 24.3 Å². The van der Waals surface area contributed by atoms with Gasteiger partial charge in [0.2, 0.25) is 0 Å². The minimum atomic E-state index is -0.418. The predicted octanol–water partition coefficient (Wildman–Crippen LogP) is 3.00. The number of hydrogen-bond acceptors (Lipinski definition) is 3. The average Bonchev–Trinajstić information content (AvgIpc) is 2.35. The van der Waals surface area contributed by atoms with E-state index in [2.05, 4.69) is 5.32 Å². The van der Waals surface area contributed by atoms with Crippen LogP contribution in [-0.4, -0.2) is 16.1 Å². The Bertz CT molecular complexity index is 599. The molecule has 0 saturated carbocycles. The molecule has 18 heavy (non-hydrogen) atoms. The van der Waals surface area contributed by atoms with Crippen LogP contribution in [0.2, 0.25) is 5.02 Å². The van der Waals surface area contributed by atoms with Crippen molar-refractivity contribution in [3.8, 4) is 11.5 Å². The van der Waals surface area contributed by atoms with Gasteiger partial charge < -0.3 is 15.5 Å². The summed E-state index contributed by atoms with van der Waals surface area (Å²) >= 11 is 5.71. The number of anilines is 1. The highest BCUT2D eigenvalue weighted by Gasteiger charge is 2.10. The van der Waals surface area contributed by atoms with E-state index in [1.54, 1.807) is 18.2 Å². The molecule has 0 aliphatic heterocycles. The van der Waals surface area contributed by atoms with Crippen molar-refractivity contribution >= 4 is 23.2 Å². The second kappa shape index (κ2) is 4.98. The lowest BCUT2D eigenvalue weighted by molar-refractivity contribution is 0.102. The summed E-state index contributed by atoms with van der Waals surface area (Å²) in [5, 5.41) is 21.4. The normalized spacial score (nSPS) is 10.1. The van der Waals surface area contributed by atoms with E-state index in [4.69, 9.17) is 11.6 Å². The van der Waals surface area contributed by atoms with Crippen LogP contribution in [0.3, 0.4) is 0 Å². The molecule has 0 spiro atoms. The molecule has 0 aliphatic rings. The Morgan fingerprint density at radius 3 is 2.44 bits per heavy atom. The number of phenols is 2. The summed E-state index contributed by atoms with van der Waals surface area (Å²) in [6, 6.07) is 10.5. The van der Waals surface area contributed by atoms with Crippen molar-refractivity contribution < 1.29 is 15.0 Å². The van der Waals surface area contributed by atoms with Gasteiger partial charge in [-0.2, -0.15) is 0 Å². The monoisotopic (exact) mass is 263 g/mol. The maximum absolute atomic E-state index is 11.9. The Kier molecular flexibility index (Phi) is 3.39. The first-order valence-corrected chi connectivity index (χ1v) is 5.53. The molecule has 3 N–H and O–H groups in total. The number of halogens is 1. The summed E-state index contributed by atoms with van der Waals surface area (Å²) in [5.74, 6) is -0.523. The number of carbonyl (C=O) groups excluding carboxylic acids is 1. The minimum Gasteiger partial charge on any atom is -0.506 e. The zero-order valence-electron chi connectivity index (χ0n) is 9.22. The predicted molar refractivity (Wildman–Crippen MR) is 69.2 cm³/mol. The van der Waals surface area contributed by atoms with Crippen LogP contribution in [0, 0.1) is 0 Å². The van der Waals surface area contributed by atoms with Crippen LogP contribution < -0.4 is 5.32 Å². The number of phenolic OH excluding ortho intramolecular Hbond substituents is 2. The zero-order chi connectivity index (χ0) is 13.1. The summed E-state index contributed by atoms with van der Waals surface area (Å²) in [7, 11) is 0. The molecule has 0 bridgehead atoms. The lowest BCUT2D eigenvalue weighted by Gasteiger charge is -2.07. The van der Waals surface area contributed by atoms with Crippen molar-refractivity contribution in [2.75, 3.05) is 5.32 Å². The van der Waals surface area contributed by atoms with Crippen molar-refractivity contribution in [3.63, 3.8) is 0 Å². The minimum absolute atomic E-state index is 0.0178. The summed E-state index contributed by atoms with van der Waals surface area (Å²) in [6.45, 7) is 0. The molecule has 0 heterocycles. The molecule has 4 nitrogen and oxygen atoms in total. The van der Waals surface area contributed by atoms with Crippen LogP contribution in [0.15, 0.2) is 42.5 Å². The van der Waals surface area contributed by atoms with E-state index in [0.29, 0.717) is 11.3 Å². The lowest BCUT2D eigenvalue weighted by atomic mass is 10.2. The summed E-state index contributed by atoms with van der Waals surface area (Å²) in [6.07, 6.45) is 0. The third-order valence-corrected chi connectivity index (χ3v) is 2.66. The topological polar surface area (TPSA) is 69.6 Å². The average molecular weight is 264 g/mol. The van der Waals surface area contributed by atoms with Gasteiger partial charge in [0.1, 0.15) is 11.5 Å². The van der Waals surface area contributed by atoms with Crippen molar-refractivity contribution in [2.24, 2.45) is 0 Å². The van der Waals surface area contributed by atoms with E-state index in [0.717, 1.165) is 0 Å². The number of aromatic hydroxyl groups is 2. The molecular formula is C13H10ClNO3. The smallest absolute Gasteiger partial charge is 0.255 e. The molecule has 0 aliphatic carbocycles. The maximum atomic E-state index is 11.9. The van der Waals surface area contributed by atoms with Gasteiger partial charge in [0, 0.05) is 5.56 Å². The molecule has 0 unspecified atom stereocenters. The van der Waals surface area contributed by atoms with Crippen molar-refractivity contribution in [1.29, 1.82) is 0 Å². The van der Waals surface area contributed by atoms with Crippen molar-refractivity contribution in [3.05, 3.63) is 53.1 Å². The van der Waals surface area contributed by atoms with Gasteiger partial charge >= 0.3 is 0 Å². The number of carbonyl (C=O) groups is 1. The Labute approximate surface area is 108 Å². The first-order chi connectivity index (χ1) is 8.58. The Hall–Kier alpha value is -2.20. The third kappa shape index (κ3) is 2.55. The number of nitrogens with one attached hydrogen (secondary N) is 1. The third-order valence-electron chi connectivity index (χ3n) is 2.36. The van der Waals surface area contributed by atoms with Gasteiger partial charge in [-0.15, -0.1) is 0 Å². The molecule has 2 rings (SSSR count). The Morgan fingerprint density at radius 2 is 1.78 bits per heavy atom. The molecule has 0 atom stereocenters. The van der Waals surface area contributed by atoms with E-state index >= 15 is 0 Å². The molecule has 0 saturated heterocycles. The molecule has 2 aromatic rings. The standard InChI is InChI=1S/C13H10ClNO3/c14-9-7-8(5-6-11(9)16)13(18)15-10-3-1-2-4-12(10)17/h1-7,16-17H,(H,15,18). The Balaban J connectivity index is 2.22. The van der Waals surface area contributed by atoms with Crippen LogP contribution in [0.4, 0.5) is 5.69 Å². The van der Waals surface area contributed by atoms with Crippen molar-refractivity contribution in [2.45, 2.75) is 0 Å². The molecule has 0 radical (unpaired) electrons. The molecule has 1 amide bonds. The van der Waals surface area contributed by atoms with Gasteiger partial charge in [-0.3, -0.25) is 4.79 Å². The van der Waals surface area contributed by atoms with Crippen LogP contribution >= 0.6 is 11.6 Å². The highest BCUT2D eigenvalue weighted by molar-refractivity contribution is 6.32. The van der Waals surface area contributed by atoms with Gasteiger partial charge in [0.25, 0.3) is 5.91 Å². The largest absolute Gasteiger partial charge is 0.506 e. The summed E-state index contributed by atoms with van der Waals surface area (Å²) in [5.41, 5.74) is 0.604. The highest BCUT2D eigenvalue weighted by Crippen LogP contribution is 2.25. The molecular weight excluding hydrogens is 254 g/mol. The van der Waals surface area contributed by atoms with E-state index in [1.807, 2.05) is 0 Å². The van der Waals surface area contributed by atoms with Crippen LogP contribution in [0.1, 0.15) is 10.4 Å². The molecule has 92 valence electrons. The summed E-state index contributed by atoms with van der Waals surface area (Å²) < 4.78 is 0.